The summed E-state index contributed by atoms with van der Waals surface area (Å²) in [5.74, 6) is -0.169. The van der Waals surface area contributed by atoms with Gasteiger partial charge in [0.15, 0.2) is 0 Å². The van der Waals surface area contributed by atoms with Gasteiger partial charge in [0, 0.05) is 23.2 Å². The first-order valence-electron chi connectivity index (χ1n) is 7.77. The number of hydrogen-bond acceptors (Lipinski definition) is 3. The molecular weight excluding hydrogens is 320 g/mol. The summed E-state index contributed by atoms with van der Waals surface area (Å²) in [6.45, 7) is 7.47. The highest BCUT2D eigenvalue weighted by molar-refractivity contribution is 8.00. The van der Waals surface area contributed by atoms with E-state index in [-0.39, 0.29) is 17.1 Å². The maximum absolute atomic E-state index is 12.4. The summed E-state index contributed by atoms with van der Waals surface area (Å²) in [4.78, 5) is 24.5. The highest BCUT2D eigenvalue weighted by Crippen LogP contribution is 2.28. The molecule has 0 spiro atoms. The van der Waals surface area contributed by atoms with Crippen LogP contribution in [0.4, 0.5) is 11.4 Å². The lowest BCUT2D eigenvalue weighted by atomic mass is 10.2. The van der Waals surface area contributed by atoms with E-state index in [4.69, 9.17) is 0 Å². The van der Waals surface area contributed by atoms with Crippen molar-refractivity contribution in [2.45, 2.75) is 37.8 Å². The number of benzene rings is 2. The molecule has 0 aliphatic carbocycles. The molecule has 2 rings (SSSR count). The second-order valence-electron chi connectivity index (χ2n) is 5.78. The van der Waals surface area contributed by atoms with Crippen LogP contribution in [0, 0.1) is 13.8 Å². The standard InChI is InChI=1S/C19H22N2O2S/c1-12-5-10-18(13(2)11-12)24-14(3)19(23)21-17-8-6-16(7-9-17)20-15(4)22/h5-11,14H,1-4H3,(H,20,22)(H,21,23)/t14-/m0/s1. The van der Waals surface area contributed by atoms with Crippen LogP contribution in [0.15, 0.2) is 47.4 Å². The summed E-state index contributed by atoms with van der Waals surface area (Å²) in [6.07, 6.45) is 0. The zero-order valence-corrected chi connectivity index (χ0v) is 15.2. The van der Waals surface area contributed by atoms with Crippen molar-refractivity contribution >= 4 is 35.0 Å². The van der Waals surface area contributed by atoms with Gasteiger partial charge in [-0.3, -0.25) is 9.59 Å². The summed E-state index contributed by atoms with van der Waals surface area (Å²) in [7, 11) is 0. The van der Waals surface area contributed by atoms with Crippen LogP contribution < -0.4 is 10.6 Å². The topological polar surface area (TPSA) is 58.2 Å². The molecule has 0 saturated carbocycles. The summed E-state index contributed by atoms with van der Waals surface area (Å²) >= 11 is 1.55. The van der Waals surface area contributed by atoms with E-state index >= 15 is 0 Å². The summed E-state index contributed by atoms with van der Waals surface area (Å²) in [5, 5.41) is 5.39. The first-order valence-corrected chi connectivity index (χ1v) is 8.65. The number of nitrogens with one attached hydrogen (secondary N) is 2. The van der Waals surface area contributed by atoms with Crippen LogP contribution in [-0.4, -0.2) is 17.1 Å². The Morgan fingerprint density at radius 1 is 0.958 bits per heavy atom. The Labute approximate surface area is 147 Å². The summed E-state index contributed by atoms with van der Waals surface area (Å²) < 4.78 is 0. The van der Waals surface area contributed by atoms with Crippen molar-refractivity contribution < 1.29 is 9.59 Å². The van der Waals surface area contributed by atoms with Crippen molar-refractivity contribution in [3.63, 3.8) is 0 Å². The normalized spacial score (nSPS) is 11.7. The molecule has 0 radical (unpaired) electrons. The molecule has 2 N–H and O–H groups in total. The molecule has 126 valence electrons. The number of hydrogen-bond donors (Lipinski definition) is 2. The van der Waals surface area contributed by atoms with E-state index in [1.54, 1.807) is 36.0 Å². The van der Waals surface area contributed by atoms with Crippen LogP contribution in [0.2, 0.25) is 0 Å². The molecule has 2 aromatic carbocycles. The number of carbonyl (C=O) groups excluding carboxylic acids is 2. The monoisotopic (exact) mass is 342 g/mol. The second-order valence-corrected chi connectivity index (χ2v) is 7.16. The summed E-state index contributed by atoms with van der Waals surface area (Å²) in [6, 6.07) is 13.3. The van der Waals surface area contributed by atoms with Crippen molar-refractivity contribution in [1.82, 2.24) is 0 Å². The van der Waals surface area contributed by atoms with Gasteiger partial charge in [-0.05, 0) is 56.7 Å². The SMILES string of the molecule is CC(=O)Nc1ccc(NC(=O)[C@H](C)Sc2ccc(C)cc2C)cc1. The Balaban J connectivity index is 1.97. The molecule has 5 heteroatoms. The fourth-order valence-corrected chi connectivity index (χ4v) is 3.20. The Kier molecular flexibility index (Phi) is 6.04. The lowest BCUT2D eigenvalue weighted by Gasteiger charge is -2.14. The van der Waals surface area contributed by atoms with E-state index in [0.29, 0.717) is 11.4 Å². The molecule has 2 amide bonds. The number of anilines is 2. The molecule has 0 unspecified atom stereocenters. The predicted molar refractivity (Wildman–Crippen MR) is 101 cm³/mol. The lowest BCUT2D eigenvalue weighted by molar-refractivity contribution is -0.115. The van der Waals surface area contributed by atoms with Gasteiger partial charge >= 0.3 is 0 Å². The highest BCUT2D eigenvalue weighted by Gasteiger charge is 2.15. The molecule has 0 aromatic heterocycles. The van der Waals surface area contributed by atoms with Gasteiger partial charge in [0.1, 0.15) is 0 Å². The molecule has 0 bridgehead atoms. The minimum Gasteiger partial charge on any atom is -0.326 e. The van der Waals surface area contributed by atoms with Crippen molar-refractivity contribution in [3.8, 4) is 0 Å². The van der Waals surface area contributed by atoms with E-state index in [2.05, 4.69) is 42.7 Å². The third-order valence-electron chi connectivity index (χ3n) is 3.48. The minimum absolute atomic E-state index is 0.0488. The second kappa shape index (κ2) is 8.02. The Morgan fingerprint density at radius 2 is 1.54 bits per heavy atom. The zero-order chi connectivity index (χ0) is 17.7. The van der Waals surface area contributed by atoms with Crippen molar-refractivity contribution in [2.24, 2.45) is 0 Å². The number of thioether (sulfide) groups is 1. The van der Waals surface area contributed by atoms with Gasteiger partial charge in [-0.1, -0.05) is 17.7 Å². The van der Waals surface area contributed by atoms with E-state index < -0.39 is 0 Å². The van der Waals surface area contributed by atoms with Crippen LogP contribution in [0.5, 0.6) is 0 Å². The fourth-order valence-electron chi connectivity index (χ4n) is 2.26. The molecule has 0 aliphatic heterocycles. The largest absolute Gasteiger partial charge is 0.326 e. The Bertz CT molecular complexity index is 742. The number of aryl methyl sites for hydroxylation is 2. The highest BCUT2D eigenvalue weighted by atomic mass is 32.2. The molecule has 0 saturated heterocycles. The fraction of sp³-hybridized carbons (Fsp3) is 0.263. The van der Waals surface area contributed by atoms with Gasteiger partial charge in [-0.25, -0.2) is 0 Å². The van der Waals surface area contributed by atoms with Crippen molar-refractivity contribution in [2.75, 3.05) is 10.6 Å². The molecule has 2 aromatic rings. The average Bonchev–Trinajstić information content (AvgIpc) is 2.51. The number of carbonyl (C=O) groups is 2. The number of amides is 2. The van der Waals surface area contributed by atoms with Crippen molar-refractivity contribution in [3.05, 3.63) is 53.6 Å². The summed E-state index contributed by atoms with van der Waals surface area (Å²) in [5.41, 5.74) is 3.81. The predicted octanol–water partition coefficient (Wildman–Crippen LogP) is 4.38. The third-order valence-corrected chi connectivity index (χ3v) is 4.76. The van der Waals surface area contributed by atoms with Crippen molar-refractivity contribution in [1.29, 1.82) is 0 Å². The molecule has 0 fully saturated rings. The number of rotatable bonds is 5. The minimum atomic E-state index is -0.207. The molecule has 24 heavy (non-hydrogen) atoms. The van der Waals surface area contributed by atoms with Crippen LogP contribution in [-0.2, 0) is 9.59 Å². The quantitative estimate of drug-likeness (QED) is 0.793. The molecule has 4 nitrogen and oxygen atoms in total. The van der Waals surface area contributed by atoms with Gasteiger partial charge in [0.2, 0.25) is 11.8 Å². The molecule has 0 heterocycles. The van der Waals surface area contributed by atoms with Gasteiger partial charge in [0.25, 0.3) is 0 Å². The van der Waals surface area contributed by atoms with Gasteiger partial charge in [-0.2, -0.15) is 0 Å². The van der Waals surface area contributed by atoms with E-state index in [0.717, 1.165) is 4.90 Å². The maximum Gasteiger partial charge on any atom is 0.237 e. The van der Waals surface area contributed by atoms with Crippen LogP contribution in [0.1, 0.15) is 25.0 Å². The lowest BCUT2D eigenvalue weighted by Crippen LogP contribution is -2.22. The first-order chi connectivity index (χ1) is 11.3. The molecule has 0 aliphatic rings. The van der Waals surface area contributed by atoms with Crippen LogP contribution >= 0.6 is 11.8 Å². The first kappa shape index (κ1) is 18.1. The van der Waals surface area contributed by atoms with Crippen LogP contribution in [0.3, 0.4) is 0 Å². The Morgan fingerprint density at radius 3 is 2.08 bits per heavy atom. The smallest absolute Gasteiger partial charge is 0.237 e. The van der Waals surface area contributed by atoms with Gasteiger partial charge < -0.3 is 10.6 Å². The third kappa shape index (κ3) is 5.13. The van der Waals surface area contributed by atoms with E-state index in [1.165, 1.54) is 18.1 Å². The average molecular weight is 342 g/mol. The van der Waals surface area contributed by atoms with E-state index in [1.807, 2.05) is 6.92 Å². The van der Waals surface area contributed by atoms with Crippen LogP contribution in [0.25, 0.3) is 0 Å². The molecular formula is C19H22N2O2S. The maximum atomic E-state index is 12.4. The van der Waals surface area contributed by atoms with Gasteiger partial charge in [-0.15, -0.1) is 11.8 Å². The zero-order valence-electron chi connectivity index (χ0n) is 14.3. The van der Waals surface area contributed by atoms with E-state index in [9.17, 15) is 9.59 Å². The Hall–Kier alpha value is -2.27. The van der Waals surface area contributed by atoms with Gasteiger partial charge in [0.05, 0.1) is 5.25 Å². The molecule has 1 atom stereocenters.